The van der Waals surface area contributed by atoms with Gasteiger partial charge in [-0.05, 0) is 24.1 Å². The average Bonchev–Trinajstić information content (AvgIpc) is 2.27. The molecule has 2 N–H and O–H groups in total. The molecule has 1 aromatic rings. The first-order chi connectivity index (χ1) is 7.84. The molecule has 0 aliphatic carbocycles. The average molecular weight is 257 g/mol. The molecule has 0 unspecified atom stereocenters. The van der Waals surface area contributed by atoms with Crippen molar-refractivity contribution in [2.45, 2.75) is 17.4 Å². The second-order valence-electron chi connectivity index (χ2n) is 3.75. The van der Waals surface area contributed by atoms with Crippen molar-refractivity contribution in [3.05, 3.63) is 29.8 Å². The highest BCUT2D eigenvalue weighted by molar-refractivity contribution is 7.90. The van der Waals surface area contributed by atoms with Crippen molar-refractivity contribution in [1.82, 2.24) is 0 Å². The summed E-state index contributed by atoms with van der Waals surface area (Å²) in [6, 6.07) is 5.57. The predicted molar refractivity (Wildman–Crippen MR) is 63.2 cm³/mol. The third-order valence-corrected chi connectivity index (χ3v) is 3.40. The maximum absolute atomic E-state index is 11.3. The highest BCUT2D eigenvalue weighted by atomic mass is 32.2. The SMILES string of the molecule is COC(=O)[C@H](N)Cc1cccc(S(C)(=O)=O)c1. The normalized spacial score (nSPS) is 13.1. The number of rotatable bonds is 4. The zero-order chi connectivity index (χ0) is 13.1. The maximum atomic E-state index is 11.3. The number of nitrogens with two attached hydrogens (primary N) is 1. The highest BCUT2D eigenvalue weighted by Crippen LogP contribution is 2.12. The van der Waals surface area contributed by atoms with Crippen LogP contribution in [-0.4, -0.2) is 33.8 Å². The molecule has 1 aromatic carbocycles. The molecule has 1 atom stereocenters. The lowest BCUT2D eigenvalue weighted by atomic mass is 10.1. The molecule has 17 heavy (non-hydrogen) atoms. The van der Waals surface area contributed by atoms with Gasteiger partial charge < -0.3 is 10.5 Å². The van der Waals surface area contributed by atoms with Crippen LogP contribution in [0.25, 0.3) is 0 Å². The minimum atomic E-state index is -3.24. The third kappa shape index (κ3) is 3.83. The number of methoxy groups -OCH3 is 1. The van der Waals surface area contributed by atoms with E-state index >= 15 is 0 Å². The van der Waals surface area contributed by atoms with Gasteiger partial charge in [-0.3, -0.25) is 4.79 Å². The number of ether oxygens (including phenoxy) is 1. The monoisotopic (exact) mass is 257 g/mol. The lowest BCUT2D eigenvalue weighted by Gasteiger charge is -2.09. The van der Waals surface area contributed by atoms with Gasteiger partial charge in [-0.25, -0.2) is 8.42 Å². The van der Waals surface area contributed by atoms with Gasteiger partial charge in [0.05, 0.1) is 12.0 Å². The molecule has 0 aliphatic rings. The van der Waals surface area contributed by atoms with E-state index in [9.17, 15) is 13.2 Å². The molecule has 0 radical (unpaired) electrons. The van der Waals surface area contributed by atoms with E-state index in [1.807, 2.05) is 0 Å². The summed E-state index contributed by atoms with van der Waals surface area (Å²) >= 11 is 0. The molecular weight excluding hydrogens is 242 g/mol. The maximum Gasteiger partial charge on any atom is 0.322 e. The predicted octanol–water partition coefficient (Wildman–Crippen LogP) is 0.133. The molecular formula is C11H15NO4S. The van der Waals surface area contributed by atoms with Crippen molar-refractivity contribution in [3.8, 4) is 0 Å². The molecule has 6 heteroatoms. The Morgan fingerprint density at radius 3 is 2.65 bits per heavy atom. The minimum absolute atomic E-state index is 0.215. The van der Waals surface area contributed by atoms with Crippen LogP contribution < -0.4 is 5.73 Å². The zero-order valence-corrected chi connectivity index (χ0v) is 10.5. The van der Waals surface area contributed by atoms with Crippen molar-refractivity contribution in [3.63, 3.8) is 0 Å². The molecule has 0 saturated carbocycles. The Morgan fingerprint density at radius 1 is 1.47 bits per heavy atom. The minimum Gasteiger partial charge on any atom is -0.468 e. The summed E-state index contributed by atoms with van der Waals surface area (Å²) in [4.78, 5) is 11.3. The smallest absolute Gasteiger partial charge is 0.322 e. The fraction of sp³-hybridized carbons (Fsp3) is 0.364. The van der Waals surface area contributed by atoms with Gasteiger partial charge in [0.15, 0.2) is 9.84 Å². The zero-order valence-electron chi connectivity index (χ0n) is 9.71. The Morgan fingerprint density at radius 2 is 2.12 bits per heavy atom. The Hall–Kier alpha value is -1.40. The number of carbonyl (C=O) groups excluding carboxylic acids is 1. The summed E-state index contributed by atoms with van der Waals surface area (Å²) in [5.41, 5.74) is 6.28. The van der Waals surface area contributed by atoms with Crippen LogP contribution in [0, 0.1) is 0 Å². The molecule has 94 valence electrons. The molecule has 0 spiro atoms. The summed E-state index contributed by atoms with van der Waals surface area (Å²) in [6.45, 7) is 0. The Balaban J connectivity index is 2.90. The summed E-state index contributed by atoms with van der Waals surface area (Å²) in [6.07, 6.45) is 1.38. The van der Waals surface area contributed by atoms with Crippen LogP contribution >= 0.6 is 0 Å². The summed E-state index contributed by atoms with van der Waals surface area (Å²) in [7, 11) is -1.98. The van der Waals surface area contributed by atoms with Gasteiger partial charge in [-0.2, -0.15) is 0 Å². The first kappa shape index (κ1) is 13.7. The van der Waals surface area contributed by atoms with Gasteiger partial charge in [-0.15, -0.1) is 0 Å². The lowest BCUT2D eigenvalue weighted by Crippen LogP contribution is -2.33. The number of carbonyl (C=O) groups is 1. The van der Waals surface area contributed by atoms with Crippen molar-refractivity contribution < 1.29 is 17.9 Å². The quantitative estimate of drug-likeness (QED) is 0.775. The van der Waals surface area contributed by atoms with Gasteiger partial charge in [0, 0.05) is 6.26 Å². The van der Waals surface area contributed by atoms with E-state index in [1.165, 1.54) is 19.2 Å². The van der Waals surface area contributed by atoms with Gasteiger partial charge in [0.25, 0.3) is 0 Å². The van der Waals surface area contributed by atoms with E-state index in [0.29, 0.717) is 5.56 Å². The molecule has 0 fully saturated rings. The van der Waals surface area contributed by atoms with Crippen molar-refractivity contribution in [2.75, 3.05) is 13.4 Å². The van der Waals surface area contributed by atoms with Gasteiger partial charge in [0.2, 0.25) is 0 Å². The number of benzene rings is 1. The second kappa shape index (κ2) is 5.29. The standard InChI is InChI=1S/C11H15NO4S/c1-16-11(13)10(12)7-8-4-3-5-9(6-8)17(2,14)15/h3-6,10H,7,12H2,1-2H3/t10-/m1/s1. The number of sulfone groups is 1. The van der Waals surface area contributed by atoms with Crippen LogP contribution in [0.3, 0.4) is 0 Å². The fourth-order valence-corrected chi connectivity index (χ4v) is 2.08. The Bertz CT molecular complexity index is 510. The molecule has 0 bridgehead atoms. The van der Waals surface area contributed by atoms with E-state index in [4.69, 9.17) is 5.73 Å². The summed E-state index contributed by atoms with van der Waals surface area (Å²) in [5, 5.41) is 0. The Kier molecular flexibility index (Phi) is 4.25. The first-order valence-corrected chi connectivity index (χ1v) is 6.86. The van der Waals surface area contributed by atoms with Crippen molar-refractivity contribution >= 4 is 15.8 Å². The van der Waals surface area contributed by atoms with Crippen LogP contribution in [0.15, 0.2) is 29.2 Å². The summed E-state index contributed by atoms with van der Waals surface area (Å²) in [5.74, 6) is -0.519. The van der Waals surface area contributed by atoms with Crippen LogP contribution in [0.4, 0.5) is 0 Å². The largest absolute Gasteiger partial charge is 0.468 e. The molecule has 5 nitrogen and oxygen atoms in total. The fourth-order valence-electron chi connectivity index (χ4n) is 1.39. The number of hydrogen-bond donors (Lipinski definition) is 1. The lowest BCUT2D eigenvalue weighted by molar-refractivity contribution is -0.142. The van der Waals surface area contributed by atoms with Crippen LogP contribution in [0.5, 0.6) is 0 Å². The highest BCUT2D eigenvalue weighted by Gasteiger charge is 2.15. The van der Waals surface area contributed by atoms with Crippen molar-refractivity contribution in [1.29, 1.82) is 0 Å². The van der Waals surface area contributed by atoms with E-state index in [-0.39, 0.29) is 11.3 Å². The second-order valence-corrected chi connectivity index (χ2v) is 5.77. The number of hydrogen-bond acceptors (Lipinski definition) is 5. The van der Waals surface area contributed by atoms with Gasteiger partial charge in [0.1, 0.15) is 6.04 Å². The van der Waals surface area contributed by atoms with E-state index in [0.717, 1.165) is 6.26 Å². The van der Waals surface area contributed by atoms with Crippen LogP contribution in [-0.2, 0) is 25.8 Å². The molecule has 0 heterocycles. The van der Waals surface area contributed by atoms with Crippen LogP contribution in [0.2, 0.25) is 0 Å². The summed E-state index contributed by atoms with van der Waals surface area (Å²) < 4.78 is 27.2. The number of esters is 1. The molecule has 0 aromatic heterocycles. The van der Waals surface area contributed by atoms with E-state index in [1.54, 1.807) is 12.1 Å². The van der Waals surface area contributed by atoms with E-state index < -0.39 is 21.8 Å². The first-order valence-electron chi connectivity index (χ1n) is 4.97. The van der Waals surface area contributed by atoms with Crippen molar-refractivity contribution in [2.24, 2.45) is 5.73 Å². The van der Waals surface area contributed by atoms with E-state index in [2.05, 4.69) is 4.74 Å². The molecule has 0 saturated heterocycles. The van der Waals surface area contributed by atoms with Gasteiger partial charge in [-0.1, -0.05) is 12.1 Å². The molecule has 0 aliphatic heterocycles. The third-order valence-electron chi connectivity index (χ3n) is 2.29. The molecule has 1 rings (SSSR count). The van der Waals surface area contributed by atoms with Crippen LogP contribution in [0.1, 0.15) is 5.56 Å². The topological polar surface area (TPSA) is 86.5 Å². The Labute approximate surface area is 100 Å². The van der Waals surface area contributed by atoms with Gasteiger partial charge >= 0.3 is 5.97 Å². The molecule has 0 amide bonds.